The van der Waals surface area contributed by atoms with Gasteiger partial charge in [-0.1, -0.05) is 35.9 Å². The van der Waals surface area contributed by atoms with E-state index < -0.39 is 23.5 Å². The van der Waals surface area contributed by atoms with Crippen LogP contribution in [-0.2, 0) is 16.1 Å². The van der Waals surface area contributed by atoms with E-state index in [0.717, 1.165) is 0 Å². The average Bonchev–Trinajstić information content (AvgIpc) is 3.15. The van der Waals surface area contributed by atoms with Crippen LogP contribution in [0.1, 0.15) is 29.7 Å². The van der Waals surface area contributed by atoms with Gasteiger partial charge in [0.05, 0.1) is 44.5 Å². The van der Waals surface area contributed by atoms with Crippen LogP contribution in [0.3, 0.4) is 0 Å². The molecule has 0 saturated carbocycles. The Kier molecular flexibility index (Phi) is 7.59. The highest BCUT2D eigenvalue weighted by Gasteiger charge is 2.46. The highest BCUT2D eigenvalue weighted by atomic mass is 35.5. The van der Waals surface area contributed by atoms with Crippen LogP contribution in [0.25, 0.3) is 5.76 Å². The molecule has 3 aromatic rings. The number of aromatic hydroxyl groups is 1. The van der Waals surface area contributed by atoms with Crippen molar-refractivity contribution in [3.8, 4) is 23.0 Å². The molecule has 1 unspecified atom stereocenters. The zero-order chi connectivity index (χ0) is 26.7. The number of benzene rings is 3. The molecule has 1 fully saturated rings. The van der Waals surface area contributed by atoms with E-state index >= 15 is 0 Å². The molecule has 1 atom stereocenters. The molecule has 0 bridgehead atoms. The van der Waals surface area contributed by atoms with Gasteiger partial charge < -0.3 is 29.3 Å². The number of halogens is 1. The number of carbonyl (C=O) groups is 2. The number of ether oxygens (including phenoxy) is 3. The zero-order valence-electron chi connectivity index (χ0n) is 20.5. The summed E-state index contributed by atoms with van der Waals surface area (Å²) in [6.07, 6.45) is 0. The number of carbonyl (C=O) groups excluding carboxylic acids is 2. The molecule has 192 valence electrons. The zero-order valence-corrected chi connectivity index (χ0v) is 21.3. The molecule has 9 heteroatoms. The molecule has 0 radical (unpaired) electrons. The summed E-state index contributed by atoms with van der Waals surface area (Å²) in [7, 11) is 2.94. The first kappa shape index (κ1) is 25.9. The minimum absolute atomic E-state index is 0.0214. The van der Waals surface area contributed by atoms with Crippen LogP contribution < -0.4 is 14.2 Å². The van der Waals surface area contributed by atoms with E-state index in [1.807, 2.05) is 0 Å². The average molecular weight is 524 g/mol. The number of hydrogen-bond acceptors (Lipinski definition) is 7. The second-order valence-corrected chi connectivity index (χ2v) is 8.68. The molecule has 1 aliphatic rings. The number of rotatable bonds is 8. The number of hydrogen-bond donors (Lipinski definition) is 2. The molecule has 1 heterocycles. The van der Waals surface area contributed by atoms with Gasteiger partial charge in [0.15, 0.2) is 11.5 Å². The number of likely N-dealkylation sites (tertiary alicyclic amines) is 1. The molecule has 8 nitrogen and oxygen atoms in total. The number of nitrogens with zero attached hydrogens (tertiary/aromatic N) is 1. The van der Waals surface area contributed by atoms with Crippen LogP contribution in [0, 0.1) is 0 Å². The van der Waals surface area contributed by atoms with Crippen LogP contribution in [0.2, 0.25) is 5.02 Å². The highest BCUT2D eigenvalue weighted by molar-refractivity contribution is 6.46. The van der Waals surface area contributed by atoms with Gasteiger partial charge in [0.2, 0.25) is 0 Å². The first-order valence-corrected chi connectivity index (χ1v) is 11.9. The maximum absolute atomic E-state index is 13.4. The second kappa shape index (κ2) is 10.8. The summed E-state index contributed by atoms with van der Waals surface area (Å²) in [5.41, 5.74) is 1.15. The molecule has 3 aromatic carbocycles. The van der Waals surface area contributed by atoms with Crippen LogP contribution >= 0.6 is 11.6 Å². The summed E-state index contributed by atoms with van der Waals surface area (Å²) < 4.78 is 16.4. The van der Waals surface area contributed by atoms with E-state index in [9.17, 15) is 19.8 Å². The number of aliphatic hydroxyl groups excluding tert-OH is 1. The Balaban J connectivity index is 1.94. The van der Waals surface area contributed by atoms with Crippen molar-refractivity contribution in [3.63, 3.8) is 0 Å². The minimum atomic E-state index is -1.01. The van der Waals surface area contributed by atoms with Crippen LogP contribution in [0.4, 0.5) is 0 Å². The molecule has 2 N–H and O–H groups in total. The lowest BCUT2D eigenvalue weighted by molar-refractivity contribution is -0.140. The molecular formula is C28H26ClNO7. The lowest BCUT2D eigenvalue weighted by Crippen LogP contribution is -2.29. The molecule has 4 rings (SSSR count). The minimum Gasteiger partial charge on any atom is -0.507 e. The van der Waals surface area contributed by atoms with E-state index in [1.54, 1.807) is 55.5 Å². The lowest BCUT2D eigenvalue weighted by Gasteiger charge is -2.26. The van der Waals surface area contributed by atoms with E-state index in [4.69, 9.17) is 25.8 Å². The topological polar surface area (TPSA) is 106 Å². The standard InChI is InChI=1S/C28H26ClNO7/c1-4-37-23-13-16(9-11-20(23)31)25-24(26(32)19-14-18(29)10-12-22(19)36-3)27(33)28(34)30(25)15-17-7-5-6-8-21(17)35-2/h5-14,25,31-32H,4,15H2,1-3H3/b26-24+. The maximum atomic E-state index is 13.4. The van der Waals surface area contributed by atoms with Crippen molar-refractivity contribution in [3.05, 3.63) is 87.9 Å². The first-order chi connectivity index (χ1) is 17.8. The van der Waals surface area contributed by atoms with Gasteiger partial charge in [0.25, 0.3) is 11.7 Å². The Morgan fingerprint density at radius 3 is 2.41 bits per heavy atom. The first-order valence-electron chi connectivity index (χ1n) is 11.5. The van der Waals surface area contributed by atoms with Gasteiger partial charge in [-0.2, -0.15) is 0 Å². The van der Waals surface area contributed by atoms with Crippen LogP contribution in [0.15, 0.2) is 66.2 Å². The van der Waals surface area contributed by atoms with E-state index in [0.29, 0.717) is 21.9 Å². The third-order valence-electron chi connectivity index (χ3n) is 6.09. The third kappa shape index (κ3) is 4.93. The second-order valence-electron chi connectivity index (χ2n) is 8.24. The van der Waals surface area contributed by atoms with Crippen molar-refractivity contribution in [2.24, 2.45) is 0 Å². The third-order valence-corrected chi connectivity index (χ3v) is 6.32. The van der Waals surface area contributed by atoms with Gasteiger partial charge >= 0.3 is 0 Å². The van der Waals surface area contributed by atoms with Crippen molar-refractivity contribution >= 4 is 29.1 Å². The fourth-order valence-corrected chi connectivity index (χ4v) is 4.56. The summed E-state index contributed by atoms with van der Waals surface area (Å²) in [5.74, 6) is -1.20. The molecule has 0 aromatic heterocycles. The van der Waals surface area contributed by atoms with Crippen molar-refractivity contribution in [2.75, 3.05) is 20.8 Å². The highest BCUT2D eigenvalue weighted by Crippen LogP contribution is 2.44. The van der Waals surface area contributed by atoms with Crippen molar-refractivity contribution in [2.45, 2.75) is 19.5 Å². The number of methoxy groups -OCH3 is 2. The molecular weight excluding hydrogens is 498 g/mol. The Bertz CT molecular complexity index is 1380. The quantitative estimate of drug-likeness (QED) is 0.241. The number of ketones is 1. The van der Waals surface area contributed by atoms with Gasteiger partial charge in [-0.05, 0) is 48.9 Å². The fourth-order valence-electron chi connectivity index (χ4n) is 4.39. The van der Waals surface area contributed by atoms with E-state index in [-0.39, 0.29) is 41.5 Å². The van der Waals surface area contributed by atoms with Gasteiger partial charge in [-0.15, -0.1) is 0 Å². The molecule has 1 saturated heterocycles. The van der Waals surface area contributed by atoms with Gasteiger partial charge in [0, 0.05) is 10.6 Å². The largest absolute Gasteiger partial charge is 0.507 e. The molecule has 0 aliphatic carbocycles. The molecule has 0 spiro atoms. The molecule has 37 heavy (non-hydrogen) atoms. The summed E-state index contributed by atoms with van der Waals surface area (Å²) >= 11 is 6.18. The van der Waals surface area contributed by atoms with E-state index in [2.05, 4.69) is 0 Å². The summed E-state index contributed by atoms with van der Waals surface area (Å²) in [5, 5.41) is 22.0. The molecule has 1 aliphatic heterocycles. The monoisotopic (exact) mass is 523 g/mol. The summed E-state index contributed by atoms with van der Waals surface area (Å²) in [6.45, 7) is 2.08. The van der Waals surface area contributed by atoms with Crippen molar-refractivity contribution in [1.82, 2.24) is 4.90 Å². The van der Waals surface area contributed by atoms with Gasteiger partial charge in [-0.25, -0.2) is 0 Å². The van der Waals surface area contributed by atoms with Gasteiger partial charge in [0.1, 0.15) is 17.3 Å². The number of amides is 1. The number of phenolic OH excluding ortho intramolecular Hbond substituents is 1. The van der Waals surface area contributed by atoms with Crippen molar-refractivity contribution in [1.29, 1.82) is 0 Å². The lowest BCUT2D eigenvalue weighted by atomic mass is 9.94. The predicted octanol–water partition coefficient (Wildman–Crippen LogP) is 5.08. The number of aliphatic hydroxyl groups is 1. The summed E-state index contributed by atoms with van der Waals surface area (Å²) in [4.78, 5) is 28.2. The van der Waals surface area contributed by atoms with Crippen LogP contribution in [0.5, 0.6) is 23.0 Å². The predicted molar refractivity (Wildman–Crippen MR) is 138 cm³/mol. The normalized spacial score (nSPS) is 16.6. The van der Waals surface area contributed by atoms with E-state index in [1.165, 1.54) is 31.3 Å². The SMILES string of the molecule is CCOc1cc(C2/C(=C(\O)c3cc(Cl)ccc3OC)C(=O)C(=O)N2Cc2ccccc2OC)ccc1O. The van der Waals surface area contributed by atoms with Crippen molar-refractivity contribution < 1.29 is 34.0 Å². The molecule has 1 amide bonds. The number of phenols is 1. The Morgan fingerprint density at radius 2 is 1.70 bits per heavy atom. The Labute approximate surface area is 219 Å². The Morgan fingerprint density at radius 1 is 0.973 bits per heavy atom. The number of Topliss-reactive ketones (excluding diaryl/α,β-unsaturated/α-hetero) is 1. The smallest absolute Gasteiger partial charge is 0.295 e. The Hall–Kier alpha value is -4.17. The fraction of sp³-hybridized carbons (Fsp3) is 0.214. The summed E-state index contributed by atoms with van der Waals surface area (Å²) in [6, 6.07) is 15.3. The van der Waals surface area contributed by atoms with Gasteiger partial charge in [-0.3, -0.25) is 9.59 Å². The maximum Gasteiger partial charge on any atom is 0.295 e. The van der Waals surface area contributed by atoms with Crippen LogP contribution in [-0.4, -0.2) is 47.6 Å². The number of para-hydroxylation sites is 1.